The highest BCUT2D eigenvalue weighted by Gasteiger charge is 2.15. The largest absolute Gasteiger partial charge is 0.399 e. The number of fused-ring (bicyclic) bond motifs is 1. The van der Waals surface area contributed by atoms with Crippen LogP contribution in [0.4, 0.5) is 5.69 Å². The first-order valence-corrected chi connectivity index (χ1v) is 4.74. The van der Waals surface area contributed by atoms with E-state index in [2.05, 4.69) is 24.9 Å². The third-order valence-corrected chi connectivity index (χ3v) is 2.92. The standard InChI is InChI=1S/C11H16N2/c1-8-10-5-6-13(2)7-9(10)3-4-11(8)12/h3-4H,5-7,12H2,1-2H3. The molecule has 0 amide bonds. The van der Waals surface area contributed by atoms with E-state index >= 15 is 0 Å². The minimum absolute atomic E-state index is 0.934. The van der Waals surface area contributed by atoms with Gasteiger partial charge >= 0.3 is 0 Å². The van der Waals surface area contributed by atoms with Crippen LogP contribution in [0.1, 0.15) is 16.7 Å². The van der Waals surface area contributed by atoms with E-state index in [4.69, 9.17) is 5.73 Å². The molecule has 0 atom stereocenters. The number of benzene rings is 1. The fraction of sp³-hybridized carbons (Fsp3) is 0.455. The van der Waals surface area contributed by atoms with Gasteiger partial charge in [0.15, 0.2) is 0 Å². The predicted molar refractivity (Wildman–Crippen MR) is 55.6 cm³/mol. The molecule has 1 heterocycles. The Morgan fingerprint density at radius 2 is 2.15 bits per heavy atom. The van der Waals surface area contributed by atoms with Gasteiger partial charge in [-0.2, -0.15) is 0 Å². The number of hydrogen-bond donors (Lipinski definition) is 1. The van der Waals surface area contributed by atoms with E-state index in [0.717, 1.165) is 25.2 Å². The van der Waals surface area contributed by atoms with Crippen LogP contribution in [-0.4, -0.2) is 18.5 Å². The number of nitrogens with two attached hydrogens (primary N) is 1. The molecule has 2 N–H and O–H groups in total. The molecule has 0 saturated carbocycles. The van der Waals surface area contributed by atoms with Crippen molar-refractivity contribution < 1.29 is 0 Å². The lowest BCUT2D eigenvalue weighted by Crippen LogP contribution is -2.27. The van der Waals surface area contributed by atoms with Crippen molar-refractivity contribution in [2.24, 2.45) is 0 Å². The zero-order valence-corrected chi connectivity index (χ0v) is 8.30. The first kappa shape index (κ1) is 8.57. The average Bonchev–Trinajstić information content (AvgIpc) is 2.12. The Bertz CT molecular complexity index is 331. The minimum Gasteiger partial charge on any atom is -0.399 e. The molecular weight excluding hydrogens is 160 g/mol. The van der Waals surface area contributed by atoms with Gasteiger partial charge < -0.3 is 10.6 Å². The van der Waals surface area contributed by atoms with Gasteiger partial charge in [-0.15, -0.1) is 0 Å². The summed E-state index contributed by atoms with van der Waals surface area (Å²) < 4.78 is 0. The maximum atomic E-state index is 5.86. The molecule has 0 saturated heterocycles. The van der Waals surface area contributed by atoms with Crippen molar-refractivity contribution in [3.63, 3.8) is 0 Å². The highest BCUT2D eigenvalue weighted by atomic mass is 15.1. The molecule has 2 nitrogen and oxygen atoms in total. The molecule has 1 aromatic rings. The summed E-state index contributed by atoms with van der Waals surface area (Å²) in [5.74, 6) is 0. The van der Waals surface area contributed by atoms with Crippen LogP contribution >= 0.6 is 0 Å². The lowest BCUT2D eigenvalue weighted by molar-refractivity contribution is 0.312. The van der Waals surface area contributed by atoms with E-state index in [1.54, 1.807) is 0 Å². The topological polar surface area (TPSA) is 29.3 Å². The van der Waals surface area contributed by atoms with Crippen LogP contribution in [0.5, 0.6) is 0 Å². The zero-order chi connectivity index (χ0) is 9.42. The van der Waals surface area contributed by atoms with Gasteiger partial charge in [0.25, 0.3) is 0 Å². The third-order valence-electron chi connectivity index (χ3n) is 2.92. The van der Waals surface area contributed by atoms with Crippen molar-refractivity contribution in [3.8, 4) is 0 Å². The lowest BCUT2D eigenvalue weighted by Gasteiger charge is -2.26. The monoisotopic (exact) mass is 176 g/mol. The normalized spacial score (nSPS) is 17.1. The predicted octanol–water partition coefficient (Wildman–Crippen LogP) is 1.57. The van der Waals surface area contributed by atoms with Crippen LogP contribution in [0, 0.1) is 6.92 Å². The van der Waals surface area contributed by atoms with Crippen LogP contribution < -0.4 is 5.73 Å². The molecule has 1 aliphatic rings. The van der Waals surface area contributed by atoms with Crippen molar-refractivity contribution in [1.82, 2.24) is 4.90 Å². The Morgan fingerprint density at radius 3 is 2.92 bits per heavy atom. The van der Waals surface area contributed by atoms with Crippen molar-refractivity contribution >= 4 is 5.69 Å². The van der Waals surface area contributed by atoms with Crippen LogP contribution in [0.3, 0.4) is 0 Å². The SMILES string of the molecule is Cc1c(N)ccc2c1CCN(C)C2. The summed E-state index contributed by atoms with van der Waals surface area (Å²) in [4.78, 5) is 2.35. The Labute approximate surface area is 79.4 Å². The van der Waals surface area contributed by atoms with E-state index < -0.39 is 0 Å². The fourth-order valence-electron chi connectivity index (χ4n) is 2.00. The Kier molecular flexibility index (Phi) is 2.00. The maximum Gasteiger partial charge on any atom is 0.0346 e. The molecule has 13 heavy (non-hydrogen) atoms. The molecule has 0 unspecified atom stereocenters. The summed E-state index contributed by atoms with van der Waals surface area (Å²) in [5, 5.41) is 0. The van der Waals surface area contributed by atoms with Crippen LogP contribution in [0.2, 0.25) is 0 Å². The molecule has 2 heteroatoms. The second-order valence-electron chi connectivity index (χ2n) is 3.91. The van der Waals surface area contributed by atoms with Gasteiger partial charge in [-0.1, -0.05) is 6.07 Å². The second-order valence-corrected chi connectivity index (χ2v) is 3.91. The van der Waals surface area contributed by atoms with Gasteiger partial charge in [0, 0.05) is 18.8 Å². The van der Waals surface area contributed by atoms with E-state index in [1.165, 1.54) is 16.7 Å². The van der Waals surface area contributed by atoms with Crippen molar-refractivity contribution in [2.75, 3.05) is 19.3 Å². The fourth-order valence-corrected chi connectivity index (χ4v) is 2.00. The van der Waals surface area contributed by atoms with Crippen LogP contribution in [-0.2, 0) is 13.0 Å². The molecule has 0 bridgehead atoms. The number of anilines is 1. The number of nitrogens with zero attached hydrogens (tertiary/aromatic N) is 1. The summed E-state index contributed by atoms with van der Waals surface area (Å²) in [6.45, 7) is 4.34. The lowest BCUT2D eigenvalue weighted by atomic mass is 9.94. The Balaban J connectivity index is 2.47. The van der Waals surface area contributed by atoms with E-state index in [-0.39, 0.29) is 0 Å². The molecule has 1 aliphatic heterocycles. The first-order valence-electron chi connectivity index (χ1n) is 4.74. The quantitative estimate of drug-likeness (QED) is 0.608. The van der Waals surface area contributed by atoms with Gasteiger partial charge in [-0.05, 0) is 43.1 Å². The van der Waals surface area contributed by atoms with Gasteiger partial charge in [0.2, 0.25) is 0 Å². The highest BCUT2D eigenvalue weighted by Crippen LogP contribution is 2.25. The molecule has 0 fully saturated rings. The number of rotatable bonds is 0. The van der Waals surface area contributed by atoms with Crippen molar-refractivity contribution in [3.05, 3.63) is 28.8 Å². The third kappa shape index (κ3) is 1.42. The average molecular weight is 176 g/mol. The number of nitrogen functional groups attached to an aromatic ring is 1. The Morgan fingerprint density at radius 1 is 1.38 bits per heavy atom. The van der Waals surface area contributed by atoms with Gasteiger partial charge in [-0.3, -0.25) is 0 Å². The van der Waals surface area contributed by atoms with Gasteiger partial charge in [0.05, 0.1) is 0 Å². The van der Waals surface area contributed by atoms with E-state index in [1.807, 2.05) is 6.07 Å². The van der Waals surface area contributed by atoms with Gasteiger partial charge in [-0.25, -0.2) is 0 Å². The molecule has 0 aromatic heterocycles. The summed E-state index contributed by atoms with van der Waals surface area (Å²) in [6.07, 6.45) is 1.14. The second kappa shape index (κ2) is 3.04. The Hall–Kier alpha value is -1.02. The number of hydrogen-bond acceptors (Lipinski definition) is 2. The smallest absolute Gasteiger partial charge is 0.0346 e. The highest BCUT2D eigenvalue weighted by molar-refractivity contribution is 5.53. The molecule has 70 valence electrons. The van der Waals surface area contributed by atoms with Crippen molar-refractivity contribution in [2.45, 2.75) is 19.9 Å². The minimum atomic E-state index is 0.934. The number of likely N-dealkylation sites (N-methyl/N-ethyl adjacent to an activating group) is 1. The molecule has 0 spiro atoms. The maximum absolute atomic E-state index is 5.86. The zero-order valence-electron chi connectivity index (χ0n) is 8.30. The van der Waals surface area contributed by atoms with Crippen LogP contribution in [0.25, 0.3) is 0 Å². The molecule has 0 aliphatic carbocycles. The molecule has 1 aromatic carbocycles. The summed E-state index contributed by atoms with van der Waals surface area (Å²) in [7, 11) is 2.16. The van der Waals surface area contributed by atoms with E-state index in [0.29, 0.717) is 0 Å². The van der Waals surface area contributed by atoms with Gasteiger partial charge in [0.1, 0.15) is 0 Å². The molecular formula is C11H16N2. The van der Waals surface area contributed by atoms with Crippen LogP contribution in [0.15, 0.2) is 12.1 Å². The molecule has 0 radical (unpaired) electrons. The summed E-state index contributed by atoms with van der Waals surface area (Å²) >= 11 is 0. The van der Waals surface area contributed by atoms with E-state index in [9.17, 15) is 0 Å². The first-order chi connectivity index (χ1) is 6.18. The summed E-state index contributed by atoms with van der Waals surface area (Å²) in [6, 6.07) is 4.18. The molecule has 2 rings (SSSR count). The van der Waals surface area contributed by atoms with Crippen molar-refractivity contribution in [1.29, 1.82) is 0 Å². The summed E-state index contributed by atoms with van der Waals surface area (Å²) in [5.41, 5.74) is 11.0.